The van der Waals surface area contributed by atoms with E-state index >= 15 is 0 Å². The molecule has 0 heterocycles. The lowest BCUT2D eigenvalue weighted by Crippen LogP contribution is -2.23. The van der Waals surface area contributed by atoms with Crippen LogP contribution in [0.2, 0.25) is 0 Å². The molecule has 1 aliphatic carbocycles. The largest absolute Gasteiger partial charge is 0.359 e. The first-order chi connectivity index (χ1) is 6.88. The minimum atomic E-state index is 0.298. The Kier molecular flexibility index (Phi) is 6.10. The molecule has 1 fully saturated rings. The van der Waals surface area contributed by atoms with Gasteiger partial charge in [0, 0.05) is 20.1 Å². The predicted molar refractivity (Wildman–Crippen MR) is 51.9 cm³/mol. The van der Waals surface area contributed by atoms with Crippen molar-refractivity contribution in [3.05, 3.63) is 0 Å². The van der Waals surface area contributed by atoms with Crippen LogP contribution in [0.1, 0.15) is 19.3 Å². The van der Waals surface area contributed by atoms with Crippen LogP contribution in [0.4, 0.5) is 0 Å². The molecule has 0 aromatic heterocycles. The second kappa shape index (κ2) is 7.17. The molecule has 84 valence electrons. The maximum atomic E-state index is 5.55. The quantitative estimate of drug-likeness (QED) is 0.464. The van der Waals surface area contributed by atoms with Crippen LogP contribution in [0.5, 0.6) is 0 Å². The Balaban J connectivity index is 2.14. The van der Waals surface area contributed by atoms with Crippen LogP contribution in [-0.2, 0) is 18.9 Å². The molecule has 1 aliphatic rings. The van der Waals surface area contributed by atoms with Gasteiger partial charge in [0.05, 0.1) is 12.7 Å². The van der Waals surface area contributed by atoms with Crippen molar-refractivity contribution in [3.8, 4) is 0 Å². The van der Waals surface area contributed by atoms with Crippen molar-refractivity contribution in [3.63, 3.8) is 0 Å². The lowest BCUT2D eigenvalue weighted by atomic mass is 10.1. The summed E-state index contributed by atoms with van der Waals surface area (Å²) in [6.07, 6.45) is 3.81. The summed E-state index contributed by atoms with van der Waals surface area (Å²) in [4.78, 5) is 0. The Bertz CT molecular complexity index is 140. The van der Waals surface area contributed by atoms with E-state index in [0.29, 0.717) is 25.6 Å². The third-order valence-electron chi connectivity index (χ3n) is 2.52. The van der Waals surface area contributed by atoms with Crippen LogP contribution in [0.15, 0.2) is 0 Å². The van der Waals surface area contributed by atoms with Gasteiger partial charge in [-0.15, -0.1) is 0 Å². The third kappa shape index (κ3) is 3.92. The first kappa shape index (κ1) is 11.9. The molecule has 0 aliphatic heterocycles. The van der Waals surface area contributed by atoms with Gasteiger partial charge in [-0.2, -0.15) is 0 Å². The SMILES string of the molecule is COCOCC1CCCC1OCOC. The first-order valence-corrected chi connectivity index (χ1v) is 5.05. The average Bonchev–Trinajstić information content (AvgIpc) is 2.63. The van der Waals surface area contributed by atoms with Crippen molar-refractivity contribution in [1.82, 2.24) is 0 Å². The fourth-order valence-corrected chi connectivity index (χ4v) is 1.85. The summed E-state index contributed by atoms with van der Waals surface area (Å²) in [5.41, 5.74) is 0. The number of rotatable bonds is 7. The monoisotopic (exact) mass is 204 g/mol. The second-order valence-electron chi connectivity index (χ2n) is 3.58. The van der Waals surface area contributed by atoms with Crippen LogP contribution in [0, 0.1) is 5.92 Å². The molecule has 2 atom stereocenters. The number of methoxy groups -OCH3 is 2. The van der Waals surface area contributed by atoms with E-state index in [4.69, 9.17) is 18.9 Å². The van der Waals surface area contributed by atoms with Crippen molar-refractivity contribution >= 4 is 0 Å². The normalized spacial score (nSPS) is 27.0. The molecule has 1 saturated carbocycles. The van der Waals surface area contributed by atoms with Gasteiger partial charge in [0.1, 0.15) is 13.6 Å². The molecule has 0 N–H and O–H groups in total. The lowest BCUT2D eigenvalue weighted by Gasteiger charge is -2.19. The van der Waals surface area contributed by atoms with E-state index in [1.165, 1.54) is 12.8 Å². The van der Waals surface area contributed by atoms with E-state index in [1.807, 2.05) is 0 Å². The zero-order valence-corrected chi connectivity index (χ0v) is 9.03. The summed E-state index contributed by atoms with van der Waals surface area (Å²) in [7, 11) is 3.28. The summed E-state index contributed by atoms with van der Waals surface area (Å²) in [6.45, 7) is 1.47. The molecule has 0 amide bonds. The van der Waals surface area contributed by atoms with Crippen molar-refractivity contribution in [2.24, 2.45) is 5.92 Å². The summed E-state index contributed by atoms with van der Waals surface area (Å²) in [6, 6.07) is 0. The van der Waals surface area contributed by atoms with Crippen LogP contribution in [0.25, 0.3) is 0 Å². The van der Waals surface area contributed by atoms with Crippen molar-refractivity contribution in [2.75, 3.05) is 34.4 Å². The van der Waals surface area contributed by atoms with E-state index < -0.39 is 0 Å². The molecular formula is C10H20O4. The Hall–Kier alpha value is -0.160. The molecule has 0 spiro atoms. The minimum Gasteiger partial charge on any atom is -0.359 e. The van der Waals surface area contributed by atoms with Crippen LogP contribution in [-0.4, -0.2) is 40.5 Å². The highest BCUT2D eigenvalue weighted by Gasteiger charge is 2.27. The first-order valence-electron chi connectivity index (χ1n) is 5.05. The average molecular weight is 204 g/mol. The van der Waals surface area contributed by atoms with Gasteiger partial charge in [-0.3, -0.25) is 0 Å². The highest BCUT2D eigenvalue weighted by Crippen LogP contribution is 2.28. The van der Waals surface area contributed by atoms with Gasteiger partial charge < -0.3 is 18.9 Å². The molecule has 4 nitrogen and oxygen atoms in total. The molecule has 0 saturated heterocycles. The van der Waals surface area contributed by atoms with E-state index in [0.717, 1.165) is 13.0 Å². The highest BCUT2D eigenvalue weighted by molar-refractivity contribution is 4.77. The fraction of sp³-hybridized carbons (Fsp3) is 1.00. The van der Waals surface area contributed by atoms with Crippen molar-refractivity contribution < 1.29 is 18.9 Å². The van der Waals surface area contributed by atoms with Crippen LogP contribution < -0.4 is 0 Å². The van der Waals surface area contributed by atoms with Crippen LogP contribution in [0.3, 0.4) is 0 Å². The van der Waals surface area contributed by atoms with E-state index in [9.17, 15) is 0 Å². The van der Waals surface area contributed by atoms with Crippen molar-refractivity contribution in [1.29, 1.82) is 0 Å². The Morgan fingerprint density at radius 2 is 1.86 bits per heavy atom. The Labute approximate surface area is 85.5 Å². The molecule has 14 heavy (non-hydrogen) atoms. The maximum Gasteiger partial charge on any atom is 0.146 e. The molecule has 0 radical (unpaired) electrons. The molecule has 4 heteroatoms. The van der Waals surface area contributed by atoms with Gasteiger partial charge in [-0.1, -0.05) is 6.42 Å². The van der Waals surface area contributed by atoms with Crippen molar-refractivity contribution in [2.45, 2.75) is 25.4 Å². The van der Waals surface area contributed by atoms with Gasteiger partial charge in [0.2, 0.25) is 0 Å². The van der Waals surface area contributed by atoms with Gasteiger partial charge in [-0.25, -0.2) is 0 Å². The van der Waals surface area contributed by atoms with E-state index in [2.05, 4.69) is 0 Å². The second-order valence-corrected chi connectivity index (χ2v) is 3.58. The Morgan fingerprint density at radius 3 is 2.57 bits per heavy atom. The van der Waals surface area contributed by atoms with Gasteiger partial charge >= 0.3 is 0 Å². The summed E-state index contributed by atoms with van der Waals surface area (Å²) in [5.74, 6) is 0.500. The number of hydrogen-bond donors (Lipinski definition) is 0. The number of ether oxygens (including phenoxy) is 4. The predicted octanol–water partition coefficient (Wildman–Crippen LogP) is 1.40. The van der Waals surface area contributed by atoms with E-state index in [1.54, 1.807) is 14.2 Å². The minimum absolute atomic E-state index is 0.298. The standard InChI is InChI=1S/C10H20O4/c1-11-7-13-6-9-4-3-5-10(9)14-8-12-2/h9-10H,3-8H2,1-2H3. The lowest BCUT2D eigenvalue weighted by molar-refractivity contribution is -0.106. The molecule has 0 aromatic carbocycles. The molecule has 1 rings (SSSR count). The third-order valence-corrected chi connectivity index (χ3v) is 2.52. The zero-order chi connectivity index (χ0) is 10.2. The highest BCUT2D eigenvalue weighted by atomic mass is 16.7. The van der Waals surface area contributed by atoms with Gasteiger partial charge in [0.25, 0.3) is 0 Å². The molecule has 2 unspecified atom stereocenters. The fourth-order valence-electron chi connectivity index (χ4n) is 1.85. The molecule has 0 aromatic rings. The Morgan fingerprint density at radius 1 is 1.07 bits per heavy atom. The smallest absolute Gasteiger partial charge is 0.146 e. The van der Waals surface area contributed by atoms with E-state index in [-0.39, 0.29) is 0 Å². The summed E-state index contributed by atoms with van der Waals surface area (Å²) in [5, 5.41) is 0. The zero-order valence-electron chi connectivity index (χ0n) is 9.03. The van der Waals surface area contributed by atoms with Gasteiger partial charge in [-0.05, 0) is 12.8 Å². The number of hydrogen-bond acceptors (Lipinski definition) is 4. The molecule has 0 bridgehead atoms. The summed E-state index contributed by atoms with van der Waals surface area (Å²) >= 11 is 0. The maximum absolute atomic E-state index is 5.55. The topological polar surface area (TPSA) is 36.9 Å². The summed E-state index contributed by atoms with van der Waals surface area (Å²) < 4.78 is 20.6. The molecular weight excluding hydrogens is 184 g/mol. The van der Waals surface area contributed by atoms with Crippen LogP contribution >= 0.6 is 0 Å². The van der Waals surface area contributed by atoms with Gasteiger partial charge in [0.15, 0.2) is 0 Å².